The maximum Gasteiger partial charge on any atom is 0.236 e. The number of aliphatic hydroxyl groups is 1. The molecule has 0 saturated heterocycles. The maximum absolute atomic E-state index is 11.6. The molecule has 0 bridgehead atoms. The van der Waals surface area contributed by atoms with E-state index in [-0.39, 0.29) is 11.9 Å². The molecule has 4 heteroatoms. The molecule has 0 radical (unpaired) electrons. The van der Waals surface area contributed by atoms with Gasteiger partial charge in [-0.05, 0) is 33.1 Å². The molecule has 0 saturated carbocycles. The summed E-state index contributed by atoms with van der Waals surface area (Å²) in [6.07, 6.45) is 0.990. The summed E-state index contributed by atoms with van der Waals surface area (Å²) >= 11 is 0. The SMILES string of the molecule is CC(C)CCNC(=O)C(C)NCC(C)(C)O. The zero-order valence-corrected chi connectivity index (χ0v) is 11.1. The van der Waals surface area contributed by atoms with Crippen LogP contribution in [0.2, 0.25) is 0 Å². The molecular weight excluding hydrogens is 204 g/mol. The summed E-state index contributed by atoms with van der Waals surface area (Å²) < 4.78 is 0. The smallest absolute Gasteiger partial charge is 0.236 e. The normalized spacial score (nSPS) is 13.9. The molecule has 0 aromatic rings. The molecule has 3 N–H and O–H groups in total. The highest BCUT2D eigenvalue weighted by molar-refractivity contribution is 5.81. The van der Waals surface area contributed by atoms with Gasteiger partial charge in [0.1, 0.15) is 0 Å². The van der Waals surface area contributed by atoms with Crippen LogP contribution in [0, 0.1) is 5.92 Å². The first-order valence-electron chi connectivity index (χ1n) is 5.96. The third kappa shape index (κ3) is 8.68. The summed E-state index contributed by atoms with van der Waals surface area (Å²) in [4.78, 5) is 11.6. The Morgan fingerprint density at radius 2 is 1.88 bits per heavy atom. The molecule has 0 aliphatic rings. The van der Waals surface area contributed by atoms with Crippen LogP contribution in [0.4, 0.5) is 0 Å². The fourth-order valence-corrected chi connectivity index (χ4v) is 1.13. The molecular formula is C12H26N2O2. The highest BCUT2D eigenvalue weighted by atomic mass is 16.3. The number of hydrogen-bond donors (Lipinski definition) is 3. The van der Waals surface area contributed by atoms with E-state index in [1.807, 2.05) is 0 Å². The summed E-state index contributed by atoms with van der Waals surface area (Å²) in [5, 5.41) is 15.4. The average Bonchev–Trinajstić information content (AvgIpc) is 2.12. The van der Waals surface area contributed by atoms with Crippen molar-refractivity contribution in [3.05, 3.63) is 0 Å². The van der Waals surface area contributed by atoms with E-state index >= 15 is 0 Å². The molecule has 16 heavy (non-hydrogen) atoms. The first-order chi connectivity index (χ1) is 7.22. The van der Waals surface area contributed by atoms with Crippen LogP contribution in [0.25, 0.3) is 0 Å². The van der Waals surface area contributed by atoms with Crippen LogP contribution in [0.15, 0.2) is 0 Å². The van der Waals surface area contributed by atoms with E-state index in [1.54, 1.807) is 20.8 Å². The summed E-state index contributed by atoms with van der Waals surface area (Å²) in [6, 6.07) is -0.265. The van der Waals surface area contributed by atoms with E-state index in [9.17, 15) is 9.90 Å². The number of hydrogen-bond acceptors (Lipinski definition) is 3. The van der Waals surface area contributed by atoms with Gasteiger partial charge in [0.25, 0.3) is 0 Å². The predicted molar refractivity (Wildman–Crippen MR) is 66.2 cm³/mol. The molecule has 0 fully saturated rings. The second kappa shape index (κ2) is 6.86. The lowest BCUT2D eigenvalue weighted by Gasteiger charge is -2.21. The standard InChI is InChI=1S/C12H26N2O2/c1-9(2)6-7-13-11(15)10(3)14-8-12(4,5)16/h9-10,14,16H,6-8H2,1-5H3,(H,13,15). The summed E-state index contributed by atoms with van der Waals surface area (Å²) in [5.74, 6) is 0.588. The van der Waals surface area contributed by atoms with Crippen molar-refractivity contribution < 1.29 is 9.90 Å². The van der Waals surface area contributed by atoms with Crippen LogP contribution in [0.3, 0.4) is 0 Å². The quantitative estimate of drug-likeness (QED) is 0.609. The van der Waals surface area contributed by atoms with Crippen molar-refractivity contribution in [3.8, 4) is 0 Å². The minimum absolute atomic E-state index is 0.00935. The van der Waals surface area contributed by atoms with E-state index in [0.717, 1.165) is 6.42 Å². The van der Waals surface area contributed by atoms with Gasteiger partial charge in [0.2, 0.25) is 5.91 Å². The molecule has 0 aromatic carbocycles. The average molecular weight is 230 g/mol. The van der Waals surface area contributed by atoms with Gasteiger partial charge >= 0.3 is 0 Å². The molecule has 0 aliphatic heterocycles. The Kier molecular flexibility index (Phi) is 6.60. The number of carbonyl (C=O) groups excluding carboxylic acids is 1. The van der Waals surface area contributed by atoms with Crippen molar-refractivity contribution >= 4 is 5.91 Å². The molecule has 4 nitrogen and oxygen atoms in total. The molecule has 0 spiro atoms. The Labute approximate surface area is 98.8 Å². The zero-order valence-electron chi connectivity index (χ0n) is 11.1. The van der Waals surface area contributed by atoms with Gasteiger partial charge in [-0.3, -0.25) is 4.79 Å². The summed E-state index contributed by atoms with van der Waals surface area (Å²) in [7, 11) is 0. The Morgan fingerprint density at radius 3 is 2.31 bits per heavy atom. The van der Waals surface area contributed by atoms with E-state index in [4.69, 9.17) is 0 Å². The van der Waals surface area contributed by atoms with Gasteiger partial charge in [0.15, 0.2) is 0 Å². The van der Waals surface area contributed by atoms with Gasteiger partial charge in [0, 0.05) is 13.1 Å². The van der Waals surface area contributed by atoms with Gasteiger partial charge in [0.05, 0.1) is 11.6 Å². The van der Waals surface area contributed by atoms with E-state index < -0.39 is 5.60 Å². The van der Waals surface area contributed by atoms with Crippen molar-refractivity contribution in [2.75, 3.05) is 13.1 Å². The fourth-order valence-electron chi connectivity index (χ4n) is 1.13. The molecule has 1 unspecified atom stereocenters. The van der Waals surface area contributed by atoms with Crippen LogP contribution in [-0.2, 0) is 4.79 Å². The second-order valence-corrected chi connectivity index (χ2v) is 5.39. The highest BCUT2D eigenvalue weighted by Crippen LogP contribution is 1.99. The van der Waals surface area contributed by atoms with Crippen molar-refractivity contribution in [2.24, 2.45) is 5.92 Å². The third-order valence-electron chi connectivity index (χ3n) is 2.26. The molecule has 1 atom stereocenters. The van der Waals surface area contributed by atoms with Crippen molar-refractivity contribution in [2.45, 2.75) is 52.7 Å². The van der Waals surface area contributed by atoms with E-state index in [0.29, 0.717) is 19.0 Å². The Hall–Kier alpha value is -0.610. The minimum Gasteiger partial charge on any atom is -0.389 e. The van der Waals surface area contributed by atoms with E-state index in [2.05, 4.69) is 24.5 Å². The lowest BCUT2D eigenvalue weighted by Crippen LogP contribution is -2.47. The molecule has 0 aromatic heterocycles. The van der Waals surface area contributed by atoms with Crippen LogP contribution in [0.5, 0.6) is 0 Å². The van der Waals surface area contributed by atoms with Crippen LogP contribution in [-0.4, -0.2) is 35.7 Å². The lowest BCUT2D eigenvalue weighted by molar-refractivity contribution is -0.122. The highest BCUT2D eigenvalue weighted by Gasteiger charge is 2.17. The minimum atomic E-state index is -0.785. The number of nitrogens with one attached hydrogen (secondary N) is 2. The number of carbonyl (C=O) groups is 1. The van der Waals surface area contributed by atoms with Crippen LogP contribution < -0.4 is 10.6 Å². The molecule has 0 heterocycles. The van der Waals surface area contributed by atoms with Crippen molar-refractivity contribution in [3.63, 3.8) is 0 Å². The molecule has 96 valence electrons. The third-order valence-corrected chi connectivity index (χ3v) is 2.26. The zero-order chi connectivity index (χ0) is 12.8. The fraction of sp³-hybridized carbons (Fsp3) is 0.917. The molecule has 0 rings (SSSR count). The predicted octanol–water partition coefficient (Wildman–Crippen LogP) is 0.898. The first-order valence-corrected chi connectivity index (χ1v) is 5.96. The summed E-state index contributed by atoms with van der Waals surface area (Å²) in [5.41, 5.74) is -0.785. The van der Waals surface area contributed by atoms with Gasteiger partial charge in [-0.15, -0.1) is 0 Å². The van der Waals surface area contributed by atoms with Crippen LogP contribution >= 0.6 is 0 Å². The lowest BCUT2D eigenvalue weighted by atomic mass is 10.1. The van der Waals surface area contributed by atoms with Gasteiger partial charge < -0.3 is 15.7 Å². The largest absolute Gasteiger partial charge is 0.389 e. The molecule has 0 aliphatic carbocycles. The number of amides is 1. The first kappa shape index (κ1) is 15.4. The van der Waals surface area contributed by atoms with Crippen molar-refractivity contribution in [1.29, 1.82) is 0 Å². The van der Waals surface area contributed by atoms with Crippen molar-refractivity contribution in [1.82, 2.24) is 10.6 Å². The topological polar surface area (TPSA) is 61.4 Å². The monoisotopic (exact) mass is 230 g/mol. The maximum atomic E-state index is 11.6. The molecule has 1 amide bonds. The van der Waals surface area contributed by atoms with Gasteiger partial charge in [-0.1, -0.05) is 13.8 Å². The number of rotatable bonds is 7. The Bertz CT molecular complexity index is 210. The van der Waals surface area contributed by atoms with Crippen LogP contribution in [0.1, 0.15) is 41.0 Å². The van der Waals surface area contributed by atoms with Gasteiger partial charge in [-0.25, -0.2) is 0 Å². The van der Waals surface area contributed by atoms with Gasteiger partial charge in [-0.2, -0.15) is 0 Å². The Morgan fingerprint density at radius 1 is 1.31 bits per heavy atom. The van der Waals surface area contributed by atoms with E-state index in [1.165, 1.54) is 0 Å². The second-order valence-electron chi connectivity index (χ2n) is 5.39. The Balaban J connectivity index is 3.74. The summed E-state index contributed by atoms with van der Waals surface area (Å²) in [6.45, 7) is 10.6.